The number of carbonyl (C=O) groups excluding carboxylic acids is 2. The Balaban J connectivity index is 1.93. The van der Waals surface area contributed by atoms with Crippen LogP contribution in [0, 0.1) is 5.92 Å². The summed E-state index contributed by atoms with van der Waals surface area (Å²) in [5.41, 5.74) is 0.284. The molecule has 0 spiro atoms. The Kier molecular flexibility index (Phi) is 7.92. The van der Waals surface area contributed by atoms with Gasteiger partial charge in [0.15, 0.2) is 18.1 Å². The maximum atomic E-state index is 12.3. The molecule has 0 radical (unpaired) electrons. The maximum absolute atomic E-state index is 12.3. The number of carbonyl (C=O) groups is 2. The third-order valence-electron chi connectivity index (χ3n) is 3.73. The average Bonchev–Trinajstić information content (AvgIpc) is 3.20. The van der Waals surface area contributed by atoms with E-state index in [1.165, 1.54) is 6.26 Å². The van der Waals surface area contributed by atoms with E-state index in [9.17, 15) is 9.59 Å². The van der Waals surface area contributed by atoms with Gasteiger partial charge in [0.25, 0.3) is 5.91 Å². The molecule has 0 saturated heterocycles. The van der Waals surface area contributed by atoms with Gasteiger partial charge in [-0.05, 0) is 50.1 Å². The zero-order chi connectivity index (χ0) is 20.5. The van der Waals surface area contributed by atoms with E-state index in [1.807, 2.05) is 20.8 Å². The van der Waals surface area contributed by atoms with Crippen molar-refractivity contribution in [2.45, 2.75) is 33.7 Å². The number of benzene rings is 1. The predicted octanol–water partition coefficient (Wildman–Crippen LogP) is 3.75. The second kappa shape index (κ2) is 10.4. The van der Waals surface area contributed by atoms with Gasteiger partial charge in [-0.3, -0.25) is 4.79 Å². The molecule has 28 heavy (non-hydrogen) atoms. The van der Waals surface area contributed by atoms with Gasteiger partial charge in [-0.15, -0.1) is 0 Å². The summed E-state index contributed by atoms with van der Waals surface area (Å²) >= 11 is 0. The van der Waals surface area contributed by atoms with Crippen molar-refractivity contribution in [3.05, 3.63) is 47.9 Å². The Labute approximate surface area is 165 Å². The number of esters is 1. The Hall–Kier alpha value is -2.96. The van der Waals surface area contributed by atoms with Gasteiger partial charge in [-0.25, -0.2) is 4.79 Å². The van der Waals surface area contributed by atoms with Crippen molar-refractivity contribution in [3.8, 4) is 11.5 Å². The quantitative estimate of drug-likeness (QED) is 0.623. The lowest BCUT2D eigenvalue weighted by molar-refractivity contribution is -0.125. The van der Waals surface area contributed by atoms with E-state index in [4.69, 9.17) is 18.6 Å². The minimum Gasteiger partial charge on any atom is -0.490 e. The van der Waals surface area contributed by atoms with E-state index in [0.29, 0.717) is 36.4 Å². The fourth-order valence-electron chi connectivity index (χ4n) is 2.39. The molecule has 0 aliphatic carbocycles. The molecule has 1 unspecified atom stereocenters. The lowest BCUT2D eigenvalue weighted by atomic mass is 10.2. The smallest absolute Gasteiger partial charge is 0.338 e. The molecule has 1 aromatic carbocycles. The van der Waals surface area contributed by atoms with Crippen molar-refractivity contribution >= 4 is 11.9 Å². The lowest BCUT2D eigenvalue weighted by Crippen LogP contribution is -2.31. The molecule has 1 N–H and O–H groups in total. The molecule has 0 saturated carbocycles. The second-order valence-corrected chi connectivity index (χ2v) is 6.68. The largest absolute Gasteiger partial charge is 0.490 e. The van der Waals surface area contributed by atoms with Gasteiger partial charge >= 0.3 is 5.97 Å². The van der Waals surface area contributed by atoms with Crippen molar-refractivity contribution in [1.29, 1.82) is 0 Å². The SMILES string of the molecule is CCOc1cc(C(=O)OCC(=O)NC(C)c2ccco2)ccc1OCC(C)C. The first-order valence-electron chi connectivity index (χ1n) is 9.30. The Morgan fingerprint density at radius 3 is 2.54 bits per heavy atom. The highest BCUT2D eigenvalue weighted by Crippen LogP contribution is 2.29. The van der Waals surface area contributed by atoms with Crippen LogP contribution in [0.15, 0.2) is 41.0 Å². The molecular weight excluding hydrogens is 362 g/mol. The molecule has 1 heterocycles. The van der Waals surface area contributed by atoms with Crippen LogP contribution in [0.3, 0.4) is 0 Å². The van der Waals surface area contributed by atoms with Crippen LogP contribution in [0.1, 0.15) is 49.9 Å². The molecule has 1 aromatic heterocycles. The number of rotatable bonds is 10. The van der Waals surface area contributed by atoms with Crippen molar-refractivity contribution in [1.82, 2.24) is 5.32 Å². The standard InChI is InChI=1S/C21H27NO6/c1-5-25-19-11-16(8-9-18(19)27-12-14(2)3)21(24)28-13-20(23)22-15(4)17-7-6-10-26-17/h6-11,14-15H,5,12-13H2,1-4H3,(H,22,23). The van der Waals surface area contributed by atoms with Crippen LogP contribution < -0.4 is 14.8 Å². The zero-order valence-electron chi connectivity index (χ0n) is 16.7. The van der Waals surface area contributed by atoms with Gasteiger partial charge in [0.2, 0.25) is 0 Å². The maximum Gasteiger partial charge on any atom is 0.338 e. The molecule has 2 rings (SSSR count). The van der Waals surface area contributed by atoms with Gasteiger partial charge in [0, 0.05) is 0 Å². The molecule has 0 aliphatic heterocycles. The van der Waals surface area contributed by atoms with E-state index in [1.54, 1.807) is 37.3 Å². The summed E-state index contributed by atoms with van der Waals surface area (Å²) in [7, 11) is 0. The number of hydrogen-bond donors (Lipinski definition) is 1. The van der Waals surface area contributed by atoms with Crippen LogP contribution in [0.4, 0.5) is 0 Å². The normalized spacial score (nSPS) is 11.8. The van der Waals surface area contributed by atoms with Gasteiger partial charge in [-0.1, -0.05) is 13.8 Å². The van der Waals surface area contributed by atoms with E-state index in [2.05, 4.69) is 5.32 Å². The van der Waals surface area contributed by atoms with Crippen LogP contribution in [-0.2, 0) is 9.53 Å². The number of nitrogens with one attached hydrogen (secondary N) is 1. The third kappa shape index (κ3) is 6.33. The molecule has 152 valence electrons. The topological polar surface area (TPSA) is 87.0 Å². The summed E-state index contributed by atoms with van der Waals surface area (Å²) in [4.78, 5) is 24.3. The minimum absolute atomic E-state index is 0.284. The first kappa shape index (κ1) is 21.3. The van der Waals surface area contributed by atoms with E-state index >= 15 is 0 Å². The van der Waals surface area contributed by atoms with Gasteiger partial charge in [0.1, 0.15) is 5.76 Å². The molecular formula is C21H27NO6. The third-order valence-corrected chi connectivity index (χ3v) is 3.73. The summed E-state index contributed by atoms with van der Waals surface area (Å²) in [6.07, 6.45) is 1.53. The molecule has 7 nitrogen and oxygen atoms in total. The summed E-state index contributed by atoms with van der Waals surface area (Å²) in [5, 5.41) is 2.70. The van der Waals surface area contributed by atoms with Crippen LogP contribution >= 0.6 is 0 Å². The zero-order valence-corrected chi connectivity index (χ0v) is 16.7. The molecule has 0 bridgehead atoms. The van der Waals surface area contributed by atoms with Crippen molar-refractivity contribution in [3.63, 3.8) is 0 Å². The fraction of sp³-hybridized carbons (Fsp3) is 0.429. The Bertz CT molecular complexity index is 769. The monoisotopic (exact) mass is 389 g/mol. The number of furan rings is 1. The van der Waals surface area contributed by atoms with Crippen LogP contribution in [0.25, 0.3) is 0 Å². The molecule has 2 aromatic rings. The second-order valence-electron chi connectivity index (χ2n) is 6.68. The first-order chi connectivity index (χ1) is 13.4. The van der Waals surface area contributed by atoms with Gasteiger partial charge < -0.3 is 23.9 Å². The van der Waals surface area contributed by atoms with E-state index < -0.39 is 11.9 Å². The molecule has 0 aliphatic rings. The van der Waals surface area contributed by atoms with Crippen molar-refractivity contribution in [2.24, 2.45) is 5.92 Å². The van der Waals surface area contributed by atoms with E-state index in [-0.39, 0.29) is 18.2 Å². The number of amides is 1. The minimum atomic E-state index is -0.614. The first-order valence-corrected chi connectivity index (χ1v) is 9.30. The Morgan fingerprint density at radius 1 is 1.11 bits per heavy atom. The highest BCUT2D eigenvalue weighted by molar-refractivity contribution is 5.92. The van der Waals surface area contributed by atoms with Crippen molar-refractivity contribution in [2.75, 3.05) is 19.8 Å². The van der Waals surface area contributed by atoms with Crippen LogP contribution in [0.5, 0.6) is 11.5 Å². The molecule has 0 fully saturated rings. The lowest BCUT2D eigenvalue weighted by Gasteiger charge is -2.15. The van der Waals surface area contributed by atoms with Gasteiger partial charge in [-0.2, -0.15) is 0 Å². The highest BCUT2D eigenvalue weighted by Gasteiger charge is 2.16. The molecule has 1 atom stereocenters. The van der Waals surface area contributed by atoms with Gasteiger partial charge in [0.05, 0.1) is 31.1 Å². The fourth-order valence-corrected chi connectivity index (χ4v) is 2.39. The Morgan fingerprint density at radius 2 is 1.89 bits per heavy atom. The van der Waals surface area contributed by atoms with Crippen LogP contribution in [0.2, 0.25) is 0 Å². The summed E-state index contributed by atoms with van der Waals surface area (Å²) in [6.45, 7) is 8.30. The number of hydrogen-bond acceptors (Lipinski definition) is 6. The highest BCUT2D eigenvalue weighted by atomic mass is 16.5. The van der Waals surface area contributed by atoms with E-state index in [0.717, 1.165) is 0 Å². The van der Waals surface area contributed by atoms with Crippen LogP contribution in [-0.4, -0.2) is 31.7 Å². The summed E-state index contributed by atoms with van der Waals surface area (Å²) in [6, 6.07) is 8.00. The predicted molar refractivity (Wildman–Crippen MR) is 103 cm³/mol. The molecule has 7 heteroatoms. The summed E-state index contributed by atoms with van der Waals surface area (Å²) in [5.74, 6) is 0.987. The average molecular weight is 389 g/mol. The summed E-state index contributed by atoms with van der Waals surface area (Å²) < 4.78 is 21.6. The number of ether oxygens (including phenoxy) is 3. The van der Waals surface area contributed by atoms with Crippen molar-refractivity contribution < 1.29 is 28.2 Å². The molecule has 1 amide bonds.